The van der Waals surface area contributed by atoms with Crippen LogP contribution >= 0.6 is 11.6 Å². The van der Waals surface area contributed by atoms with Gasteiger partial charge in [-0.1, -0.05) is 11.6 Å². The maximum Gasteiger partial charge on any atom is 0.165 e. The van der Waals surface area contributed by atoms with Crippen molar-refractivity contribution in [3.8, 4) is 5.75 Å². The number of methoxy groups -OCH3 is 1. The number of hydrogen-bond acceptors (Lipinski definition) is 2. The molecule has 0 aliphatic carbocycles. The number of nitrogens with one attached hydrogen (secondary N) is 1. The van der Waals surface area contributed by atoms with E-state index >= 15 is 0 Å². The van der Waals surface area contributed by atoms with Gasteiger partial charge in [-0.05, 0) is 25.1 Å². The summed E-state index contributed by atoms with van der Waals surface area (Å²) in [4.78, 5) is 0. The SMILES string of the molecule is COc1c(F)ccc(Cl)c1C1CCNC1. The third-order valence-corrected chi connectivity index (χ3v) is 3.10. The summed E-state index contributed by atoms with van der Waals surface area (Å²) in [6, 6.07) is 2.93. The molecule has 1 aromatic rings. The Morgan fingerprint density at radius 2 is 2.33 bits per heavy atom. The molecule has 0 amide bonds. The van der Waals surface area contributed by atoms with Gasteiger partial charge in [0.15, 0.2) is 11.6 Å². The monoisotopic (exact) mass is 229 g/mol. The average Bonchev–Trinajstić information content (AvgIpc) is 2.74. The van der Waals surface area contributed by atoms with Crippen LogP contribution in [0.3, 0.4) is 0 Å². The highest BCUT2D eigenvalue weighted by molar-refractivity contribution is 6.31. The fraction of sp³-hybridized carbons (Fsp3) is 0.455. The quantitative estimate of drug-likeness (QED) is 0.842. The van der Waals surface area contributed by atoms with Crippen molar-refractivity contribution in [3.05, 3.63) is 28.5 Å². The second-order valence-electron chi connectivity index (χ2n) is 3.67. The van der Waals surface area contributed by atoms with Crippen LogP contribution in [0, 0.1) is 5.82 Å². The third-order valence-electron chi connectivity index (χ3n) is 2.77. The highest BCUT2D eigenvalue weighted by Gasteiger charge is 2.24. The predicted molar refractivity (Wildman–Crippen MR) is 58.2 cm³/mol. The second-order valence-corrected chi connectivity index (χ2v) is 4.07. The first-order valence-corrected chi connectivity index (χ1v) is 5.34. The molecule has 1 aliphatic rings. The van der Waals surface area contributed by atoms with Crippen molar-refractivity contribution < 1.29 is 9.13 Å². The van der Waals surface area contributed by atoms with Gasteiger partial charge in [0.1, 0.15) is 0 Å². The van der Waals surface area contributed by atoms with Crippen molar-refractivity contribution in [2.24, 2.45) is 0 Å². The van der Waals surface area contributed by atoms with Gasteiger partial charge in [-0.2, -0.15) is 0 Å². The van der Waals surface area contributed by atoms with Crippen molar-refractivity contribution >= 4 is 11.6 Å². The lowest BCUT2D eigenvalue weighted by atomic mass is 9.97. The van der Waals surface area contributed by atoms with Crippen LogP contribution in [0.15, 0.2) is 12.1 Å². The maximum atomic E-state index is 13.5. The Morgan fingerprint density at radius 1 is 1.53 bits per heavy atom. The summed E-state index contributed by atoms with van der Waals surface area (Å²) in [5.41, 5.74) is 0.796. The summed E-state index contributed by atoms with van der Waals surface area (Å²) >= 11 is 6.09. The molecule has 1 saturated heterocycles. The van der Waals surface area contributed by atoms with E-state index in [2.05, 4.69) is 5.32 Å². The molecule has 15 heavy (non-hydrogen) atoms. The van der Waals surface area contributed by atoms with Gasteiger partial charge < -0.3 is 10.1 Å². The third kappa shape index (κ3) is 1.94. The minimum Gasteiger partial charge on any atom is -0.493 e. The van der Waals surface area contributed by atoms with Crippen molar-refractivity contribution in [2.75, 3.05) is 20.2 Å². The smallest absolute Gasteiger partial charge is 0.165 e. The first kappa shape index (κ1) is 10.7. The van der Waals surface area contributed by atoms with E-state index in [0.717, 1.165) is 25.1 Å². The van der Waals surface area contributed by atoms with E-state index in [1.807, 2.05) is 0 Å². The van der Waals surface area contributed by atoms with Gasteiger partial charge in [0.05, 0.1) is 7.11 Å². The minimum atomic E-state index is -0.344. The number of rotatable bonds is 2. The van der Waals surface area contributed by atoms with E-state index in [0.29, 0.717) is 5.02 Å². The fourth-order valence-corrected chi connectivity index (χ4v) is 2.34. The molecule has 2 rings (SSSR count). The van der Waals surface area contributed by atoms with Crippen molar-refractivity contribution in [2.45, 2.75) is 12.3 Å². The molecule has 0 aromatic heterocycles. The number of halogens is 2. The second kappa shape index (κ2) is 4.37. The molecule has 1 aliphatic heterocycles. The van der Waals surface area contributed by atoms with E-state index in [9.17, 15) is 4.39 Å². The van der Waals surface area contributed by atoms with Crippen LogP contribution < -0.4 is 10.1 Å². The molecule has 0 bridgehead atoms. The van der Waals surface area contributed by atoms with Crippen LogP contribution in [0.25, 0.3) is 0 Å². The predicted octanol–water partition coefficient (Wildman–Crippen LogP) is 2.56. The first-order chi connectivity index (χ1) is 7.24. The molecular formula is C11H13ClFNO. The van der Waals surface area contributed by atoms with Crippen molar-refractivity contribution in [1.29, 1.82) is 0 Å². The van der Waals surface area contributed by atoms with Gasteiger partial charge in [-0.15, -0.1) is 0 Å². The Bertz CT molecular complexity index is 364. The lowest BCUT2D eigenvalue weighted by Gasteiger charge is -2.16. The van der Waals surface area contributed by atoms with Gasteiger partial charge in [-0.25, -0.2) is 4.39 Å². The molecule has 0 spiro atoms. The summed E-state index contributed by atoms with van der Waals surface area (Å²) < 4.78 is 18.6. The maximum absolute atomic E-state index is 13.5. The molecule has 0 saturated carbocycles. The zero-order valence-corrected chi connectivity index (χ0v) is 9.27. The Labute approximate surface area is 93.4 Å². The Morgan fingerprint density at radius 3 is 2.93 bits per heavy atom. The molecule has 82 valence electrons. The summed E-state index contributed by atoms with van der Waals surface area (Å²) in [6.07, 6.45) is 0.972. The van der Waals surface area contributed by atoms with Gasteiger partial charge in [0.25, 0.3) is 0 Å². The van der Waals surface area contributed by atoms with Crippen LogP contribution in [0.1, 0.15) is 17.9 Å². The summed E-state index contributed by atoms with van der Waals surface area (Å²) in [5, 5.41) is 3.82. The van der Waals surface area contributed by atoms with E-state index in [4.69, 9.17) is 16.3 Å². The Balaban J connectivity index is 2.46. The fourth-order valence-electron chi connectivity index (χ4n) is 2.04. The first-order valence-electron chi connectivity index (χ1n) is 4.96. The number of benzene rings is 1. The molecule has 1 atom stereocenters. The lowest BCUT2D eigenvalue weighted by Crippen LogP contribution is -2.09. The number of ether oxygens (including phenoxy) is 1. The molecule has 1 N–H and O–H groups in total. The zero-order chi connectivity index (χ0) is 10.8. The molecule has 1 fully saturated rings. The molecule has 0 radical (unpaired) electrons. The van der Waals surface area contributed by atoms with E-state index < -0.39 is 0 Å². The normalized spacial score (nSPS) is 20.6. The van der Waals surface area contributed by atoms with Crippen molar-refractivity contribution in [1.82, 2.24) is 5.32 Å². The largest absolute Gasteiger partial charge is 0.493 e. The highest BCUT2D eigenvalue weighted by Crippen LogP contribution is 2.37. The summed E-state index contributed by atoms with van der Waals surface area (Å²) in [5.74, 6) is 0.197. The minimum absolute atomic E-state index is 0.253. The Hall–Kier alpha value is -0.800. The van der Waals surface area contributed by atoms with Gasteiger partial charge in [0.2, 0.25) is 0 Å². The molecule has 1 heterocycles. The van der Waals surface area contributed by atoms with Crippen LogP contribution in [-0.4, -0.2) is 20.2 Å². The molecule has 2 nitrogen and oxygen atoms in total. The van der Waals surface area contributed by atoms with Crippen molar-refractivity contribution in [3.63, 3.8) is 0 Å². The van der Waals surface area contributed by atoms with Gasteiger partial charge in [0, 0.05) is 23.0 Å². The molecule has 4 heteroatoms. The average molecular weight is 230 g/mol. The van der Waals surface area contributed by atoms with E-state index in [-0.39, 0.29) is 17.5 Å². The summed E-state index contributed by atoms with van der Waals surface area (Å²) in [7, 11) is 1.47. The van der Waals surface area contributed by atoms with Gasteiger partial charge in [-0.3, -0.25) is 0 Å². The molecule has 1 unspecified atom stereocenters. The summed E-state index contributed by atoms with van der Waals surface area (Å²) in [6.45, 7) is 1.78. The number of hydrogen-bond donors (Lipinski definition) is 1. The standard InChI is InChI=1S/C11H13ClFNO/c1-15-11-9(13)3-2-8(12)10(11)7-4-5-14-6-7/h2-3,7,14H,4-6H2,1H3. The lowest BCUT2D eigenvalue weighted by molar-refractivity contribution is 0.378. The van der Waals surface area contributed by atoms with E-state index in [1.165, 1.54) is 13.2 Å². The highest BCUT2D eigenvalue weighted by atomic mass is 35.5. The van der Waals surface area contributed by atoms with Crippen LogP contribution in [0.4, 0.5) is 4.39 Å². The Kier molecular flexibility index (Phi) is 3.12. The molecular weight excluding hydrogens is 217 g/mol. The van der Waals surface area contributed by atoms with Crippen LogP contribution in [0.2, 0.25) is 5.02 Å². The molecule has 1 aromatic carbocycles. The zero-order valence-electron chi connectivity index (χ0n) is 8.52. The topological polar surface area (TPSA) is 21.3 Å². The van der Waals surface area contributed by atoms with Gasteiger partial charge >= 0.3 is 0 Å². The van der Waals surface area contributed by atoms with Crippen LogP contribution in [-0.2, 0) is 0 Å². The van der Waals surface area contributed by atoms with E-state index in [1.54, 1.807) is 6.07 Å². The van der Waals surface area contributed by atoms with Crippen LogP contribution in [0.5, 0.6) is 5.75 Å².